The highest BCUT2D eigenvalue weighted by atomic mass is 32.2. The molecule has 4 heteroatoms. The van der Waals surface area contributed by atoms with E-state index in [4.69, 9.17) is 0 Å². The first-order valence-electron chi connectivity index (χ1n) is 8.49. The summed E-state index contributed by atoms with van der Waals surface area (Å²) < 4.78 is 24.9. The molecule has 0 bridgehead atoms. The molecule has 0 spiro atoms. The lowest BCUT2D eigenvalue weighted by Gasteiger charge is -2.39. The molecule has 1 saturated carbocycles. The van der Waals surface area contributed by atoms with E-state index in [0.717, 1.165) is 38.1 Å². The topological polar surface area (TPSA) is 46.2 Å². The second-order valence-electron chi connectivity index (χ2n) is 6.91. The van der Waals surface area contributed by atoms with Crippen LogP contribution in [0.4, 0.5) is 0 Å². The maximum Gasteiger partial charge on any atom is 0.154 e. The standard InChI is InChI=1S/C16H31NO2S/c1-3-10-17-16(14-8-6-7-13(2)12-14)15-9-4-5-11-20(15,18)19/h13-17H,3-12H2,1-2H3. The summed E-state index contributed by atoms with van der Waals surface area (Å²) in [4.78, 5) is 0. The normalized spacial score (nSPS) is 35.6. The first-order valence-corrected chi connectivity index (χ1v) is 10.2. The van der Waals surface area contributed by atoms with E-state index in [-0.39, 0.29) is 11.3 Å². The van der Waals surface area contributed by atoms with Gasteiger partial charge in [0, 0.05) is 6.04 Å². The largest absolute Gasteiger partial charge is 0.312 e. The van der Waals surface area contributed by atoms with Crippen molar-refractivity contribution in [2.75, 3.05) is 12.3 Å². The van der Waals surface area contributed by atoms with Gasteiger partial charge in [-0.2, -0.15) is 0 Å². The van der Waals surface area contributed by atoms with Crippen LogP contribution < -0.4 is 5.32 Å². The minimum atomic E-state index is -2.88. The highest BCUT2D eigenvalue weighted by Crippen LogP contribution is 2.35. The Kier molecular flexibility index (Phi) is 5.91. The maximum absolute atomic E-state index is 12.5. The third-order valence-corrected chi connectivity index (χ3v) is 7.45. The van der Waals surface area contributed by atoms with Gasteiger partial charge in [0.05, 0.1) is 11.0 Å². The number of nitrogens with one attached hydrogen (secondary N) is 1. The Morgan fingerprint density at radius 1 is 1.15 bits per heavy atom. The summed E-state index contributed by atoms with van der Waals surface area (Å²) in [5.41, 5.74) is 0. The molecule has 2 rings (SSSR count). The summed E-state index contributed by atoms with van der Waals surface area (Å²) in [5.74, 6) is 1.72. The Morgan fingerprint density at radius 2 is 1.95 bits per heavy atom. The quantitative estimate of drug-likeness (QED) is 0.848. The summed E-state index contributed by atoms with van der Waals surface area (Å²) in [7, 11) is -2.88. The van der Waals surface area contributed by atoms with Crippen molar-refractivity contribution in [1.82, 2.24) is 5.32 Å². The van der Waals surface area contributed by atoms with E-state index in [1.165, 1.54) is 25.7 Å². The van der Waals surface area contributed by atoms with Crippen molar-refractivity contribution in [3.63, 3.8) is 0 Å². The van der Waals surface area contributed by atoms with Crippen molar-refractivity contribution in [3.8, 4) is 0 Å². The van der Waals surface area contributed by atoms with Crippen LogP contribution in [0.2, 0.25) is 0 Å². The Balaban J connectivity index is 2.13. The maximum atomic E-state index is 12.5. The molecule has 0 amide bonds. The van der Waals surface area contributed by atoms with Crippen molar-refractivity contribution in [3.05, 3.63) is 0 Å². The van der Waals surface area contributed by atoms with E-state index in [0.29, 0.717) is 11.7 Å². The fourth-order valence-corrected chi connectivity index (χ4v) is 6.30. The van der Waals surface area contributed by atoms with E-state index in [1.807, 2.05) is 0 Å². The molecule has 1 aliphatic carbocycles. The first kappa shape index (κ1) is 16.3. The molecular formula is C16H31NO2S. The summed E-state index contributed by atoms with van der Waals surface area (Å²) in [5, 5.41) is 3.48. The molecule has 118 valence electrons. The van der Waals surface area contributed by atoms with E-state index in [9.17, 15) is 8.42 Å². The summed E-state index contributed by atoms with van der Waals surface area (Å²) in [6.45, 7) is 5.42. The van der Waals surface area contributed by atoms with Gasteiger partial charge in [-0.05, 0) is 50.5 Å². The van der Waals surface area contributed by atoms with Crippen LogP contribution in [0.5, 0.6) is 0 Å². The molecule has 2 aliphatic rings. The van der Waals surface area contributed by atoms with E-state index < -0.39 is 9.84 Å². The number of rotatable bonds is 5. The predicted octanol–water partition coefficient (Wildman–Crippen LogP) is 3.15. The molecular weight excluding hydrogens is 270 g/mol. The number of hydrogen-bond acceptors (Lipinski definition) is 3. The van der Waals surface area contributed by atoms with Gasteiger partial charge in [0.15, 0.2) is 9.84 Å². The average Bonchev–Trinajstić information content (AvgIpc) is 2.40. The van der Waals surface area contributed by atoms with Gasteiger partial charge in [0.2, 0.25) is 0 Å². The lowest BCUT2D eigenvalue weighted by atomic mass is 9.77. The first-order chi connectivity index (χ1) is 9.54. The molecule has 0 aromatic carbocycles. The second kappa shape index (κ2) is 7.26. The average molecular weight is 301 g/mol. The fourth-order valence-electron chi connectivity index (χ4n) is 4.10. The molecule has 4 atom stereocenters. The summed E-state index contributed by atoms with van der Waals surface area (Å²) in [6.07, 6.45) is 8.87. The van der Waals surface area contributed by atoms with Crippen LogP contribution in [0.1, 0.15) is 65.2 Å². The van der Waals surface area contributed by atoms with Crippen molar-refractivity contribution in [2.24, 2.45) is 11.8 Å². The van der Waals surface area contributed by atoms with Crippen molar-refractivity contribution in [1.29, 1.82) is 0 Å². The minimum absolute atomic E-state index is 0.127. The van der Waals surface area contributed by atoms with Gasteiger partial charge in [-0.25, -0.2) is 8.42 Å². The van der Waals surface area contributed by atoms with E-state index in [2.05, 4.69) is 19.2 Å². The molecule has 4 unspecified atom stereocenters. The Hall–Kier alpha value is -0.0900. The molecule has 1 N–H and O–H groups in total. The van der Waals surface area contributed by atoms with Gasteiger partial charge >= 0.3 is 0 Å². The van der Waals surface area contributed by atoms with E-state index >= 15 is 0 Å². The lowest BCUT2D eigenvalue weighted by molar-refractivity contribution is 0.212. The zero-order valence-electron chi connectivity index (χ0n) is 13.1. The molecule has 0 aromatic heterocycles. The van der Waals surface area contributed by atoms with Crippen LogP contribution in [0.3, 0.4) is 0 Å². The highest BCUT2D eigenvalue weighted by molar-refractivity contribution is 7.92. The van der Waals surface area contributed by atoms with Gasteiger partial charge in [-0.1, -0.05) is 33.1 Å². The zero-order valence-corrected chi connectivity index (χ0v) is 13.9. The third-order valence-electron chi connectivity index (χ3n) is 5.14. The van der Waals surface area contributed by atoms with Gasteiger partial charge in [-0.15, -0.1) is 0 Å². The van der Waals surface area contributed by atoms with Gasteiger partial charge in [0.25, 0.3) is 0 Å². The van der Waals surface area contributed by atoms with Crippen LogP contribution in [0.15, 0.2) is 0 Å². The summed E-state index contributed by atoms with van der Waals surface area (Å²) in [6, 6.07) is 0.197. The molecule has 1 heterocycles. The molecule has 1 saturated heterocycles. The van der Waals surface area contributed by atoms with Crippen molar-refractivity contribution in [2.45, 2.75) is 76.5 Å². The van der Waals surface area contributed by atoms with Crippen LogP contribution in [0.25, 0.3) is 0 Å². The SMILES string of the molecule is CCCNC(C1CCCC(C)C1)C1CCCCS1(=O)=O. The molecule has 20 heavy (non-hydrogen) atoms. The van der Waals surface area contributed by atoms with Crippen molar-refractivity contribution < 1.29 is 8.42 Å². The van der Waals surface area contributed by atoms with Crippen LogP contribution in [0, 0.1) is 11.8 Å². The molecule has 3 nitrogen and oxygen atoms in total. The van der Waals surface area contributed by atoms with Crippen molar-refractivity contribution >= 4 is 9.84 Å². The third kappa shape index (κ3) is 3.97. The predicted molar refractivity (Wildman–Crippen MR) is 84.6 cm³/mol. The highest BCUT2D eigenvalue weighted by Gasteiger charge is 2.40. The fraction of sp³-hybridized carbons (Fsp3) is 1.00. The number of sulfone groups is 1. The monoisotopic (exact) mass is 301 g/mol. The Labute approximate surface area is 124 Å². The number of hydrogen-bond donors (Lipinski definition) is 1. The minimum Gasteiger partial charge on any atom is -0.312 e. The van der Waals surface area contributed by atoms with E-state index in [1.54, 1.807) is 0 Å². The zero-order chi connectivity index (χ0) is 14.6. The van der Waals surface area contributed by atoms with Gasteiger partial charge in [-0.3, -0.25) is 0 Å². The molecule has 0 aromatic rings. The van der Waals surface area contributed by atoms with Crippen LogP contribution >= 0.6 is 0 Å². The Bertz CT molecular complexity index is 393. The Morgan fingerprint density at radius 3 is 2.60 bits per heavy atom. The van der Waals surface area contributed by atoms with Crippen LogP contribution in [-0.4, -0.2) is 32.0 Å². The smallest absolute Gasteiger partial charge is 0.154 e. The molecule has 0 radical (unpaired) electrons. The van der Waals surface area contributed by atoms with Gasteiger partial charge < -0.3 is 5.32 Å². The molecule has 1 aliphatic heterocycles. The van der Waals surface area contributed by atoms with Crippen LogP contribution in [-0.2, 0) is 9.84 Å². The summed E-state index contributed by atoms with van der Waals surface area (Å²) >= 11 is 0. The lowest BCUT2D eigenvalue weighted by Crippen LogP contribution is -2.51. The van der Waals surface area contributed by atoms with Gasteiger partial charge in [0.1, 0.15) is 0 Å². The second-order valence-corrected chi connectivity index (χ2v) is 9.25. The molecule has 2 fully saturated rings.